The molecule has 0 atom stereocenters. The molecule has 2 nitrogen and oxygen atoms in total. The molecular weight excluding hydrogens is 240 g/mol. The van der Waals surface area contributed by atoms with E-state index in [0.29, 0.717) is 5.92 Å². The van der Waals surface area contributed by atoms with Gasteiger partial charge in [0.1, 0.15) is 10.4 Å². The molecule has 0 spiro atoms. The van der Waals surface area contributed by atoms with Crippen LogP contribution in [0.1, 0.15) is 51.0 Å². The van der Waals surface area contributed by atoms with E-state index in [4.69, 9.17) is 0 Å². The van der Waals surface area contributed by atoms with E-state index < -0.39 is 0 Å². The van der Waals surface area contributed by atoms with Crippen LogP contribution in [-0.4, -0.2) is 9.97 Å². The maximum atomic E-state index is 4.63. The molecule has 0 amide bonds. The van der Waals surface area contributed by atoms with E-state index >= 15 is 0 Å². The average molecular weight is 255 g/mol. The van der Waals surface area contributed by atoms with Crippen molar-refractivity contribution in [2.75, 3.05) is 0 Å². The minimum absolute atomic E-state index is 0.106. The van der Waals surface area contributed by atoms with Crippen LogP contribution in [0.2, 0.25) is 0 Å². The van der Waals surface area contributed by atoms with E-state index in [2.05, 4.69) is 46.7 Å². The minimum Gasteiger partial charge on any atom is -0.237 e. The molecule has 14 heavy (non-hydrogen) atoms. The second-order valence-electron chi connectivity index (χ2n) is 4.96. The smallest absolute Gasteiger partial charge is 0.132 e. The number of nitrogens with zero attached hydrogens (tertiary/aromatic N) is 2. The van der Waals surface area contributed by atoms with Crippen LogP contribution in [0.5, 0.6) is 0 Å². The van der Waals surface area contributed by atoms with Crippen molar-refractivity contribution in [1.29, 1.82) is 0 Å². The minimum atomic E-state index is 0.106. The summed E-state index contributed by atoms with van der Waals surface area (Å²) in [5.74, 6) is 1.64. The molecule has 0 radical (unpaired) electrons. The number of rotatable bonds is 1. The quantitative estimate of drug-likeness (QED) is 0.718. The van der Waals surface area contributed by atoms with Crippen LogP contribution in [0.15, 0.2) is 10.7 Å². The van der Waals surface area contributed by atoms with E-state index in [1.807, 2.05) is 6.07 Å². The molecule has 3 heteroatoms. The van der Waals surface area contributed by atoms with Crippen LogP contribution < -0.4 is 0 Å². The summed E-state index contributed by atoms with van der Waals surface area (Å²) in [6, 6.07) is 2.02. The standard InChI is InChI=1S/C11H15BrN2/c1-11(2,3)8-6-9(12)14-10(13-8)7-4-5-7/h6-7H,4-5H2,1-3H3. The van der Waals surface area contributed by atoms with Gasteiger partial charge in [-0.15, -0.1) is 0 Å². The molecule has 76 valence electrons. The number of hydrogen-bond acceptors (Lipinski definition) is 2. The first-order chi connectivity index (χ1) is 6.47. The zero-order valence-corrected chi connectivity index (χ0v) is 10.4. The summed E-state index contributed by atoms with van der Waals surface area (Å²) in [4.78, 5) is 9.04. The van der Waals surface area contributed by atoms with Gasteiger partial charge in [0.05, 0.1) is 5.69 Å². The molecule has 1 aromatic rings. The topological polar surface area (TPSA) is 25.8 Å². The maximum absolute atomic E-state index is 4.63. The summed E-state index contributed by atoms with van der Waals surface area (Å²) >= 11 is 3.45. The van der Waals surface area contributed by atoms with Crippen molar-refractivity contribution in [1.82, 2.24) is 9.97 Å². The SMILES string of the molecule is CC(C)(C)c1cc(Br)nc(C2CC2)n1. The molecule has 1 saturated carbocycles. The first-order valence-electron chi connectivity index (χ1n) is 5.02. The average Bonchev–Trinajstić information content (AvgIpc) is 2.83. The van der Waals surface area contributed by atoms with Gasteiger partial charge in [-0.05, 0) is 34.8 Å². The lowest BCUT2D eigenvalue weighted by Gasteiger charge is -2.18. The van der Waals surface area contributed by atoms with E-state index in [1.54, 1.807) is 0 Å². The Bertz CT molecular complexity index is 351. The second kappa shape index (κ2) is 3.30. The molecule has 0 bridgehead atoms. The molecule has 1 heterocycles. The molecule has 1 fully saturated rings. The Kier molecular flexibility index (Phi) is 2.38. The lowest BCUT2D eigenvalue weighted by atomic mass is 9.92. The van der Waals surface area contributed by atoms with E-state index in [-0.39, 0.29) is 5.41 Å². The summed E-state index contributed by atoms with van der Waals surface area (Å²) in [6.45, 7) is 6.54. The Morgan fingerprint density at radius 1 is 1.29 bits per heavy atom. The highest BCUT2D eigenvalue weighted by atomic mass is 79.9. The van der Waals surface area contributed by atoms with Gasteiger partial charge in [-0.25, -0.2) is 9.97 Å². The highest BCUT2D eigenvalue weighted by molar-refractivity contribution is 9.10. The van der Waals surface area contributed by atoms with Crippen LogP contribution >= 0.6 is 15.9 Å². The van der Waals surface area contributed by atoms with Gasteiger partial charge in [0.2, 0.25) is 0 Å². The normalized spacial score (nSPS) is 17.1. The predicted molar refractivity (Wildman–Crippen MR) is 60.4 cm³/mol. The highest BCUT2D eigenvalue weighted by Crippen LogP contribution is 2.39. The van der Waals surface area contributed by atoms with E-state index in [1.165, 1.54) is 12.8 Å². The molecule has 0 unspecified atom stereocenters. The van der Waals surface area contributed by atoms with Crippen LogP contribution in [0.25, 0.3) is 0 Å². The second-order valence-corrected chi connectivity index (χ2v) is 5.77. The fourth-order valence-corrected chi connectivity index (χ4v) is 1.74. The molecule has 0 aliphatic heterocycles. The van der Waals surface area contributed by atoms with Crippen molar-refractivity contribution in [2.45, 2.75) is 44.9 Å². The van der Waals surface area contributed by atoms with Gasteiger partial charge in [-0.3, -0.25) is 0 Å². The fourth-order valence-electron chi connectivity index (χ4n) is 1.34. The van der Waals surface area contributed by atoms with Crippen LogP contribution in [0.4, 0.5) is 0 Å². The Morgan fingerprint density at radius 3 is 2.43 bits per heavy atom. The number of halogens is 1. The van der Waals surface area contributed by atoms with E-state index in [9.17, 15) is 0 Å². The molecule has 0 N–H and O–H groups in total. The van der Waals surface area contributed by atoms with Crippen molar-refractivity contribution in [3.63, 3.8) is 0 Å². The highest BCUT2D eigenvalue weighted by Gasteiger charge is 2.28. The lowest BCUT2D eigenvalue weighted by Crippen LogP contribution is -2.15. The summed E-state index contributed by atoms with van der Waals surface area (Å²) in [5, 5.41) is 0. The van der Waals surface area contributed by atoms with Gasteiger partial charge in [-0.1, -0.05) is 20.8 Å². The third-order valence-corrected chi connectivity index (χ3v) is 2.83. The molecule has 1 aliphatic rings. The van der Waals surface area contributed by atoms with Gasteiger partial charge < -0.3 is 0 Å². The Hall–Kier alpha value is -0.440. The molecular formula is C11H15BrN2. The van der Waals surface area contributed by atoms with Gasteiger partial charge in [0, 0.05) is 11.3 Å². The van der Waals surface area contributed by atoms with Gasteiger partial charge in [0.25, 0.3) is 0 Å². The van der Waals surface area contributed by atoms with Crippen molar-refractivity contribution in [3.05, 3.63) is 22.2 Å². The van der Waals surface area contributed by atoms with Gasteiger partial charge in [-0.2, -0.15) is 0 Å². The van der Waals surface area contributed by atoms with Crippen LogP contribution in [0.3, 0.4) is 0 Å². The predicted octanol–water partition coefficient (Wildman–Crippen LogP) is 3.41. The zero-order valence-electron chi connectivity index (χ0n) is 8.84. The Balaban J connectivity index is 2.41. The summed E-state index contributed by atoms with van der Waals surface area (Å²) < 4.78 is 0.916. The molecule has 0 saturated heterocycles. The summed E-state index contributed by atoms with van der Waals surface area (Å²) in [6.07, 6.45) is 2.50. The zero-order chi connectivity index (χ0) is 10.3. The Labute approximate surface area is 93.3 Å². The van der Waals surface area contributed by atoms with Crippen molar-refractivity contribution in [2.24, 2.45) is 0 Å². The van der Waals surface area contributed by atoms with Crippen molar-refractivity contribution in [3.8, 4) is 0 Å². The monoisotopic (exact) mass is 254 g/mol. The molecule has 2 rings (SSSR count). The first-order valence-corrected chi connectivity index (χ1v) is 5.81. The van der Waals surface area contributed by atoms with E-state index in [0.717, 1.165) is 16.1 Å². The van der Waals surface area contributed by atoms with Crippen molar-refractivity contribution < 1.29 is 0 Å². The third-order valence-electron chi connectivity index (χ3n) is 2.42. The maximum Gasteiger partial charge on any atom is 0.132 e. The fraction of sp³-hybridized carbons (Fsp3) is 0.636. The number of hydrogen-bond donors (Lipinski definition) is 0. The van der Waals surface area contributed by atoms with Gasteiger partial charge in [0.15, 0.2) is 0 Å². The van der Waals surface area contributed by atoms with Crippen LogP contribution in [0, 0.1) is 0 Å². The third kappa shape index (κ3) is 2.14. The summed E-state index contributed by atoms with van der Waals surface area (Å²) in [5.41, 5.74) is 1.23. The summed E-state index contributed by atoms with van der Waals surface area (Å²) in [7, 11) is 0. The largest absolute Gasteiger partial charge is 0.237 e. The van der Waals surface area contributed by atoms with Gasteiger partial charge >= 0.3 is 0 Å². The lowest BCUT2D eigenvalue weighted by molar-refractivity contribution is 0.561. The Morgan fingerprint density at radius 2 is 1.93 bits per heavy atom. The molecule has 1 aromatic heterocycles. The number of aromatic nitrogens is 2. The van der Waals surface area contributed by atoms with Crippen LogP contribution in [-0.2, 0) is 5.41 Å². The molecule has 1 aliphatic carbocycles. The van der Waals surface area contributed by atoms with Crippen molar-refractivity contribution >= 4 is 15.9 Å². The molecule has 0 aromatic carbocycles. The first kappa shape index (κ1) is 10.1.